The van der Waals surface area contributed by atoms with E-state index in [1.54, 1.807) is 24.8 Å². The van der Waals surface area contributed by atoms with Crippen LogP contribution in [0.3, 0.4) is 0 Å². The molecule has 1 heterocycles. The number of benzene rings is 1. The first-order valence-corrected chi connectivity index (χ1v) is 8.56. The number of hydrogen-bond acceptors (Lipinski definition) is 4. The van der Waals surface area contributed by atoms with Crippen LogP contribution in [0.1, 0.15) is 43.2 Å². The van der Waals surface area contributed by atoms with Gasteiger partial charge in [-0.25, -0.2) is 13.6 Å². The summed E-state index contributed by atoms with van der Waals surface area (Å²) in [6.07, 6.45) is 7.41. The average Bonchev–Trinajstić information content (AvgIpc) is 3.01. The van der Waals surface area contributed by atoms with Gasteiger partial charge in [0.05, 0.1) is 4.90 Å². The SMILES string of the molecule is NS(=O)(=O)c1ccccc1[C@H]1CCC[C@@H](n2cnnc2)C1. The van der Waals surface area contributed by atoms with Gasteiger partial charge in [-0.15, -0.1) is 10.2 Å². The van der Waals surface area contributed by atoms with E-state index in [0.717, 1.165) is 31.2 Å². The predicted octanol–water partition coefficient (Wildman–Crippen LogP) is 1.82. The fourth-order valence-electron chi connectivity index (χ4n) is 3.19. The second-order valence-corrected chi connectivity index (χ2v) is 7.04. The van der Waals surface area contributed by atoms with Gasteiger partial charge in [0.1, 0.15) is 12.7 Å². The smallest absolute Gasteiger partial charge is 0.238 e. The molecular weight excluding hydrogens is 288 g/mol. The van der Waals surface area contributed by atoms with Crippen molar-refractivity contribution in [3.8, 4) is 0 Å². The number of hydrogen-bond donors (Lipinski definition) is 1. The molecule has 0 amide bonds. The van der Waals surface area contributed by atoms with E-state index >= 15 is 0 Å². The van der Waals surface area contributed by atoms with Gasteiger partial charge in [0.25, 0.3) is 0 Å². The van der Waals surface area contributed by atoms with Crippen LogP contribution in [0.4, 0.5) is 0 Å². The van der Waals surface area contributed by atoms with Crippen LogP contribution in [0, 0.1) is 0 Å². The highest BCUT2D eigenvalue weighted by Crippen LogP contribution is 2.40. The highest BCUT2D eigenvalue weighted by Gasteiger charge is 2.27. The van der Waals surface area contributed by atoms with E-state index in [-0.39, 0.29) is 10.8 Å². The number of aromatic nitrogens is 3. The molecule has 7 heteroatoms. The van der Waals surface area contributed by atoms with Crippen LogP contribution in [0.5, 0.6) is 0 Å². The van der Waals surface area contributed by atoms with Crippen LogP contribution in [0.15, 0.2) is 41.8 Å². The standard InChI is InChI=1S/C14H18N4O2S/c15-21(19,20)14-7-2-1-6-13(14)11-4-3-5-12(8-11)18-9-16-17-10-18/h1-2,6-7,9-12H,3-5,8H2,(H2,15,19,20)/t11-,12+/m0/s1. The lowest BCUT2D eigenvalue weighted by molar-refractivity contribution is 0.316. The van der Waals surface area contributed by atoms with Crippen LogP contribution >= 0.6 is 0 Å². The Hall–Kier alpha value is -1.73. The van der Waals surface area contributed by atoms with Gasteiger partial charge in [0, 0.05) is 6.04 Å². The highest BCUT2D eigenvalue weighted by atomic mass is 32.2. The Morgan fingerprint density at radius 2 is 1.86 bits per heavy atom. The summed E-state index contributed by atoms with van der Waals surface area (Å²) in [4.78, 5) is 0.249. The number of primary sulfonamides is 1. The molecule has 1 saturated carbocycles. The van der Waals surface area contributed by atoms with Gasteiger partial charge < -0.3 is 4.57 Å². The van der Waals surface area contributed by atoms with Crippen molar-refractivity contribution in [3.63, 3.8) is 0 Å². The monoisotopic (exact) mass is 306 g/mol. The Bertz CT molecular complexity index is 712. The topological polar surface area (TPSA) is 90.9 Å². The minimum Gasteiger partial charge on any atom is -0.317 e. The van der Waals surface area contributed by atoms with E-state index in [2.05, 4.69) is 10.2 Å². The molecule has 0 bridgehead atoms. The average molecular weight is 306 g/mol. The predicted molar refractivity (Wildman–Crippen MR) is 78.1 cm³/mol. The zero-order chi connectivity index (χ0) is 14.9. The molecule has 1 aliphatic rings. The molecule has 2 aromatic rings. The Morgan fingerprint density at radius 1 is 1.14 bits per heavy atom. The second-order valence-electron chi connectivity index (χ2n) is 5.51. The van der Waals surface area contributed by atoms with Crippen LogP contribution in [0.2, 0.25) is 0 Å². The maximum absolute atomic E-state index is 11.8. The lowest BCUT2D eigenvalue weighted by Crippen LogP contribution is -2.21. The first-order chi connectivity index (χ1) is 10.1. The minimum absolute atomic E-state index is 0.195. The van der Waals surface area contributed by atoms with Crippen LogP contribution in [-0.2, 0) is 10.0 Å². The van der Waals surface area contributed by atoms with Crippen molar-refractivity contribution in [3.05, 3.63) is 42.5 Å². The maximum Gasteiger partial charge on any atom is 0.238 e. The number of nitrogens with two attached hydrogens (primary N) is 1. The summed E-state index contributed by atoms with van der Waals surface area (Å²) in [7, 11) is -3.69. The van der Waals surface area contributed by atoms with Crippen molar-refractivity contribution in [2.24, 2.45) is 5.14 Å². The highest BCUT2D eigenvalue weighted by molar-refractivity contribution is 7.89. The van der Waals surface area contributed by atoms with E-state index in [9.17, 15) is 8.42 Å². The molecule has 21 heavy (non-hydrogen) atoms. The summed E-state index contributed by atoms with van der Waals surface area (Å²) in [5, 5.41) is 13.0. The molecule has 3 rings (SSSR count). The zero-order valence-corrected chi connectivity index (χ0v) is 12.4. The Balaban J connectivity index is 1.91. The van der Waals surface area contributed by atoms with Crippen molar-refractivity contribution >= 4 is 10.0 Å². The fourth-order valence-corrected chi connectivity index (χ4v) is 4.02. The van der Waals surface area contributed by atoms with Crippen molar-refractivity contribution in [1.82, 2.24) is 14.8 Å². The second kappa shape index (κ2) is 5.57. The molecule has 2 N–H and O–H groups in total. The van der Waals surface area contributed by atoms with E-state index in [1.807, 2.05) is 16.7 Å². The van der Waals surface area contributed by atoms with E-state index in [0.29, 0.717) is 6.04 Å². The molecular formula is C14H18N4O2S. The third kappa shape index (κ3) is 2.98. The van der Waals surface area contributed by atoms with Crippen molar-refractivity contribution in [2.75, 3.05) is 0 Å². The molecule has 2 atom stereocenters. The van der Waals surface area contributed by atoms with E-state index < -0.39 is 10.0 Å². The summed E-state index contributed by atoms with van der Waals surface area (Å²) in [6, 6.07) is 7.36. The molecule has 1 fully saturated rings. The molecule has 0 aliphatic heterocycles. The van der Waals surface area contributed by atoms with E-state index in [4.69, 9.17) is 5.14 Å². The third-order valence-corrected chi connectivity index (χ3v) is 5.15. The fraction of sp³-hybridized carbons (Fsp3) is 0.429. The van der Waals surface area contributed by atoms with Gasteiger partial charge in [-0.1, -0.05) is 24.6 Å². The van der Waals surface area contributed by atoms with Gasteiger partial charge in [-0.05, 0) is 36.8 Å². The maximum atomic E-state index is 11.8. The minimum atomic E-state index is -3.69. The lowest BCUT2D eigenvalue weighted by atomic mass is 9.81. The van der Waals surface area contributed by atoms with Crippen LogP contribution in [0.25, 0.3) is 0 Å². The lowest BCUT2D eigenvalue weighted by Gasteiger charge is -2.30. The summed E-state index contributed by atoms with van der Waals surface area (Å²) in [5.41, 5.74) is 0.831. The Labute approximate surface area is 124 Å². The zero-order valence-electron chi connectivity index (χ0n) is 11.6. The Morgan fingerprint density at radius 3 is 2.57 bits per heavy atom. The third-order valence-electron chi connectivity index (χ3n) is 4.17. The molecule has 112 valence electrons. The summed E-state index contributed by atoms with van der Waals surface area (Å²) in [6.45, 7) is 0. The van der Waals surface area contributed by atoms with E-state index in [1.165, 1.54) is 0 Å². The molecule has 1 aromatic carbocycles. The first kappa shape index (κ1) is 14.2. The molecule has 0 saturated heterocycles. The van der Waals surface area contributed by atoms with Crippen molar-refractivity contribution in [1.29, 1.82) is 0 Å². The van der Waals surface area contributed by atoms with Gasteiger partial charge in [-0.2, -0.15) is 0 Å². The van der Waals surface area contributed by atoms with Gasteiger partial charge in [-0.3, -0.25) is 0 Å². The van der Waals surface area contributed by atoms with Crippen molar-refractivity contribution in [2.45, 2.75) is 42.5 Å². The number of nitrogens with zero attached hydrogens (tertiary/aromatic N) is 3. The quantitative estimate of drug-likeness (QED) is 0.936. The molecule has 0 radical (unpaired) electrons. The van der Waals surface area contributed by atoms with Crippen molar-refractivity contribution < 1.29 is 8.42 Å². The molecule has 1 aliphatic carbocycles. The van der Waals surface area contributed by atoms with Crippen LogP contribution < -0.4 is 5.14 Å². The summed E-state index contributed by atoms with van der Waals surface area (Å²) in [5.74, 6) is 0.195. The normalized spacial score (nSPS) is 23.1. The number of sulfonamides is 1. The van der Waals surface area contributed by atoms with Gasteiger partial charge in [0.15, 0.2) is 0 Å². The first-order valence-electron chi connectivity index (χ1n) is 7.01. The Kier molecular flexibility index (Phi) is 3.77. The molecule has 1 aromatic heterocycles. The molecule has 6 nitrogen and oxygen atoms in total. The molecule has 0 unspecified atom stereocenters. The molecule has 0 spiro atoms. The largest absolute Gasteiger partial charge is 0.317 e. The summed E-state index contributed by atoms with van der Waals surface area (Å²) < 4.78 is 25.5. The van der Waals surface area contributed by atoms with Crippen LogP contribution in [-0.4, -0.2) is 23.2 Å². The van der Waals surface area contributed by atoms with Gasteiger partial charge >= 0.3 is 0 Å². The number of rotatable bonds is 3. The summed E-state index contributed by atoms with van der Waals surface area (Å²) >= 11 is 0. The van der Waals surface area contributed by atoms with Gasteiger partial charge in [0.2, 0.25) is 10.0 Å².